The number of rotatable bonds is 6. The number of nitrogens with zero attached hydrogens (tertiary/aromatic N) is 4. The Labute approximate surface area is 171 Å². The van der Waals surface area contributed by atoms with Crippen LogP contribution in [-0.2, 0) is 0 Å². The third-order valence-electron chi connectivity index (χ3n) is 4.22. The number of hydrogen-bond donors (Lipinski definition) is 4. The van der Waals surface area contributed by atoms with E-state index in [-0.39, 0.29) is 36.3 Å². The molecule has 0 unspecified atom stereocenters. The molecule has 5 N–H and O–H groups in total. The molecular formula is C19H18ClN7O2. The van der Waals surface area contributed by atoms with E-state index in [1.807, 2.05) is 6.07 Å². The van der Waals surface area contributed by atoms with Gasteiger partial charge < -0.3 is 21.5 Å². The van der Waals surface area contributed by atoms with Gasteiger partial charge in [-0.1, -0.05) is 23.7 Å². The number of nitrogens with two attached hydrogens (primary N) is 1. The van der Waals surface area contributed by atoms with Crippen molar-refractivity contribution >= 4 is 40.0 Å². The molecule has 3 aromatic rings. The number of pyridine rings is 1. The van der Waals surface area contributed by atoms with E-state index >= 15 is 0 Å². The van der Waals surface area contributed by atoms with Crippen LogP contribution in [0.5, 0.6) is 0 Å². The summed E-state index contributed by atoms with van der Waals surface area (Å²) in [6.45, 7) is 1.69. The molecule has 0 spiro atoms. The zero-order valence-corrected chi connectivity index (χ0v) is 16.2. The van der Waals surface area contributed by atoms with Gasteiger partial charge in [-0.3, -0.25) is 4.79 Å². The van der Waals surface area contributed by atoms with Crippen molar-refractivity contribution in [3.05, 3.63) is 52.4 Å². The maximum Gasteiger partial charge on any atom is 0.253 e. The number of fused-ring (bicyclic) bond motifs is 1. The van der Waals surface area contributed by atoms with Crippen LogP contribution in [0, 0.1) is 11.3 Å². The van der Waals surface area contributed by atoms with E-state index in [1.165, 1.54) is 6.33 Å². The van der Waals surface area contributed by atoms with E-state index in [4.69, 9.17) is 22.4 Å². The SMILES string of the molecule is C[C@H](Nc1ncnc(N)c1C#N)c1nc2c(Cl)cccc2cc1C(=O)NCCO. The molecular weight excluding hydrogens is 394 g/mol. The van der Waals surface area contributed by atoms with E-state index in [0.29, 0.717) is 27.2 Å². The number of halogens is 1. The molecule has 29 heavy (non-hydrogen) atoms. The quantitative estimate of drug-likeness (QED) is 0.481. The van der Waals surface area contributed by atoms with Gasteiger partial charge in [0.2, 0.25) is 0 Å². The van der Waals surface area contributed by atoms with Gasteiger partial charge in [-0.25, -0.2) is 15.0 Å². The monoisotopic (exact) mass is 411 g/mol. The van der Waals surface area contributed by atoms with Gasteiger partial charge in [0.15, 0.2) is 0 Å². The molecule has 0 fully saturated rings. The molecule has 2 aromatic heterocycles. The highest BCUT2D eigenvalue weighted by Gasteiger charge is 2.21. The smallest absolute Gasteiger partial charge is 0.253 e. The van der Waals surface area contributed by atoms with Crippen LogP contribution in [0.4, 0.5) is 11.6 Å². The second kappa shape index (κ2) is 8.68. The number of aliphatic hydroxyl groups excluding tert-OH is 1. The van der Waals surface area contributed by atoms with Gasteiger partial charge in [0.05, 0.1) is 34.4 Å². The molecule has 0 aliphatic rings. The fourth-order valence-corrected chi connectivity index (χ4v) is 3.07. The molecule has 1 amide bonds. The summed E-state index contributed by atoms with van der Waals surface area (Å²) in [5, 5.41) is 25.2. The Morgan fingerprint density at radius 1 is 1.41 bits per heavy atom. The standard InChI is InChI=1S/C19H18ClN7O2/c1-10(26-18-13(8-21)17(22)24-9-25-18)15-12(19(29)23-5-6-28)7-11-3-2-4-14(20)16(11)27-15/h2-4,7,9-10,28H,5-6H2,1H3,(H,23,29)(H3,22,24,25,26)/t10-/m0/s1. The minimum absolute atomic E-state index is 0.0487. The maximum atomic E-state index is 12.7. The molecule has 3 rings (SSSR count). The highest BCUT2D eigenvalue weighted by Crippen LogP contribution is 2.29. The largest absolute Gasteiger partial charge is 0.395 e. The van der Waals surface area contributed by atoms with Crippen LogP contribution in [0.3, 0.4) is 0 Å². The summed E-state index contributed by atoms with van der Waals surface area (Å²) in [5.74, 6) is -0.109. The van der Waals surface area contributed by atoms with Crippen LogP contribution < -0.4 is 16.4 Å². The molecule has 1 aromatic carbocycles. The lowest BCUT2D eigenvalue weighted by Crippen LogP contribution is -2.28. The van der Waals surface area contributed by atoms with Crippen LogP contribution in [0.1, 0.15) is 34.6 Å². The highest BCUT2D eigenvalue weighted by atomic mass is 35.5. The molecule has 0 radical (unpaired) electrons. The van der Waals surface area contributed by atoms with Crippen LogP contribution in [0.15, 0.2) is 30.6 Å². The molecule has 0 saturated heterocycles. The lowest BCUT2D eigenvalue weighted by Gasteiger charge is -2.19. The van der Waals surface area contributed by atoms with Gasteiger partial charge in [0.1, 0.15) is 29.6 Å². The predicted molar refractivity (Wildman–Crippen MR) is 109 cm³/mol. The van der Waals surface area contributed by atoms with Crippen molar-refractivity contribution in [2.45, 2.75) is 13.0 Å². The molecule has 1 atom stereocenters. The number of nitrogen functional groups attached to an aromatic ring is 1. The summed E-state index contributed by atoms with van der Waals surface area (Å²) in [6.07, 6.45) is 1.24. The molecule has 10 heteroatoms. The number of nitrogens with one attached hydrogen (secondary N) is 2. The molecule has 0 bridgehead atoms. The second-order valence-corrected chi connectivity index (χ2v) is 6.58. The van der Waals surface area contributed by atoms with Crippen LogP contribution in [0.25, 0.3) is 10.9 Å². The number of benzene rings is 1. The summed E-state index contributed by atoms with van der Waals surface area (Å²) in [7, 11) is 0. The number of amides is 1. The summed E-state index contributed by atoms with van der Waals surface area (Å²) in [6, 6.07) is 8.42. The van der Waals surface area contributed by atoms with E-state index in [2.05, 4.69) is 25.6 Å². The van der Waals surface area contributed by atoms with Gasteiger partial charge in [-0.05, 0) is 19.1 Å². The highest BCUT2D eigenvalue weighted by molar-refractivity contribution is 6.35. The average molecular weight is 412 g/mol. The van der Waals surface area contributed by atoms with E-state index < -0.39 is 6.04 Å². The second-order valence-electron chi connectivity index (χ2n) is 6.17. The number of carbonyl (C=O) groups excluding carboxylic acids is 1. The van der Waals surface area contributed by atoms with E-state index in [9.17, 15) is 10.1 Å². The Kier molecular flexibility index (Phi) is 6.07. The van der Waals surface area contributed by atoms with Crippen molar-refractivity contribution < 1.29 is 9.90 Å². The molecule has 0 aliphatic carbocycles. The normalized spacial score (nSPS) is 11.7. The van der Waals surface area contributed by atoms with Gasteiger partial charge in [-0.2, -0.15) is 5.26 Å². The summed E-state index contributed by atoms with van der Waals surface area (Å²) in [4.78, 5) is 25.1. The lowest BCUT2D eigenvalue weighted by molar-refractivity contribution is 0.0943. The Morgan fingerprint density at radius 2 is 2.21 bits per heavy atom. The van der Waals surface area contributed by atoms with Crippen molar-refractivity contribution in [2.75, 3.05) is 24.2 Å². The number of aromatic nitrogens is 3. The number of nitriles is 1. The maximum absolute atomic E-state index is 12.7. The first-order chi connectivity index (χ1) is 14.0. The number of hydrogen-bond acceptors (Lipinski definition) is 8. The van der Waals surface area contributed by atoms with E-state index in [1.54, 1.807) is 31.2 Å². The number of carbonyl (C=O) groups is 1. The first kappa shape index (κ1) is 20.3. The lowest BCUT2D eigenvalue weighted by atomic mass is 10.0. The number of aliphatic hydroxyl groups is 1. The zero-order valence-electron chi connectivity index (χ0n) is 15.5. The fourth-order valence-electron chi connectivity index (χ4n) is 2.85. The number of anilines is 2. The molecule has 2 heterocycles. The molecule has 0 aliphatic heterocycles. The summed E-state index contributed by atoms with van der Waals surface area (Å²) < 4.78 is 0. The van der Waals surface area contributed by atoms with Crippen molar-refractivity contribution in [1.29, 1.82) is 5.26 Å². The van der Waals surface area contributed by atoms with Crippen molar-refractivity contribution in [1.82, 2.24) is 20.3 Å². The average Bonchev–Trinajstić information content (AvgIpc) is 2.71. The molecule has 9 nitrogen and oxygen atoms in total. The van der Waals surface area contributed by atoms with Crippen LogP contribution in [-0.4, -0.2) is 39.1 Å². The van der Waals surface area contributed by atoms with Crippen molar-refractivity contribution in [2.24, 2.45) is 0 Å². The molecule has 0 saturated carbocycles. The Morgan fingerprint density at radius 3 is 2.93 bits per heavy atom. The summed E-state index contributed by atoms with van der Waals surface area (Å²) >= 11 is 6.28. The van der Waals surface area contributed by atoms with Crippen molar-refractivity contribution in [3.8, 4) is 6.07 Å². The Bertz CT molecular complexity index is 1110. The third kappa shape index (κ3) is 4.18. The fraction of sp³-hybridized carbons (Fsp3) is 0.211. The Hall–Kier alpha value is -3.48. The van der Waals surface area contributed by atoms with Crippen LogP contribution >= 0.6 is 11.6 Å². The molecule has 148 valence electrons. The first-order valence-electron chi connectivity index (χ1n) is 8.71. The number of para-hydroxylation sites is 1. The minimum atomic E-state index is -0.521. The van der Waals surface area contributed by atoms with Gasteiger partial charge >= 0.3 is 0 Å². The van der Waals surface area contributed by atoms with Crippen LogP contribution in [0.2, 0.25) is 5.02 Å². The van der Waals surface area contributed by atoms with Gasteiger partial charge in [0, 0.05) is 11.9 Å². The minimum Gasteiger partial charge on any atom is -0.395 e. The zero-order chi connectivity index (χ0) is 21.0. The topological polar surface area (TPSA) is 150 Å². The predicted octanol–water partition coefficient (Wildman–Crippen LogP) is 2.03. The van der Waals surface area contributed by atoms with Crippen molar-refractivity contribution in [3.63, 3.8) is 0 Å². The first-order valence-corrected chi connectivity index (χ1v) is 9.09. The van der Waals surface area contributed by atoms with Gasteiger partial charge in [-0.15, -0.1) is 0 Å². The van der Waals surface area contributed by atoms with E-state index in [0.717, 1.165) is 0 Å². The summed E-state index contributed by atoms with van der Waals surface area (Å²) in [5.41, 5.74) is 7.10. The van der Waals surface area contributed by atoms with Gasteiger partial charge in [0.25, 0.3) is 5.91 Å². The third-order valence-corrected chi connectivity index (χ3v) is 4.52. The Balaban J connectivity index is 2.08.